The Morgan fingerprint density at radius 2 is 0.289 bits per heavy atom. The lowest BCUT2D eigenvalue weighted by Crippen LogP contribution is -2.77. The van der Waals surface area contributed by atoms with Crippen LogP contribution < -0.4 is 0 Å². The summed E-state index contributed by atoms with van der Waals surface area (Å²) >= 11 is 0. The summed E-state index contributed by atoms with van der Waals surface area (Å²) in [5.41, 5.74) is 1.32. The lowest BCUT2D eigenvalue weighted by atomic mass is 9.36. The van der Waals surface area contributed by atoms with E-state index in [0.717, 1.165) is 0 Å². The van der Waals surface area contributed by atoms with Crippen LogP contribution in [0.1, 0.15) is 577 Å². The van der Waals surface area contributed by atoms with E-state index in [1.54, 1.807) is 62.3 Å². The summed E-state index contributed by atoms with van der Waals surface area (Å²) in [5, 5.41) is 0. The molecular formula is C96H196N+. The van der Waals surface area contributed by atoms with E-state index in [0.29, 0.717) is 16.2 Å². The number of quaternary nitrogens is 1. The number of hydrogen-bond acceptors (Lipinski definition) is 0. The zero-order valence-corrected chi connectivity index (χ0v) is 71.0. The van der Waals surface area contributed by atoms with Crippen molar-refractivity contribution in [3.8, 4) is 0 Å². The molecule has 0 aromatic carbocycles. The zero-order valence-electron chi connectivity index (χ0n) is 71.0. The van der Waals surface area contributed by atoms with E-state index in [9.17, 15) is 0 Å². The van der Waals surface area contributed by atoms with Gasteiger partial charge in [-0.25, -0.2) is 0 Å². The molecule has 0 aliphatic rings. The van der Waals surface area contributed by atoms with Crippen molar-refractivity contribution in [3.05, 3.63) is 0 Å². The van der Waals surface area contributed by atoms with Crippen LogP contribution in [0.2, 0.25) is 0 Å². The molecular weight excluding hydrogens is 1170 g/mol. The van der Waals surface area contributed by atoms with Crippen molar-refractivity contribution in [1.29, 1.82) is 0 Å². The van der Waals surface area contributed by atoms with Gasteiger partial charge in [0.05, 0.1) is 19.6 Å². The van der Waals surface area contributed by atoms with Crippen molar-refractivity contribution in [2.75, 3.05) is 19.6 Å². The van der Waals surface area contributed by atoms with Crippen molar-refractivity contribution >= 4 is 0 Å². The van der Waals surface area contributed by atoms with Crippen LogP contribution in [0.3, 0.4) is 0 Å². The van der Waals surface area contributed by atoms with Gasteiger partial charge in [-0.2, -0.15) is 0 Å². The second kappa shape index (κ2) is 71.6. The van der Waals surface area contributed by atoms with Gasteiger partial charge in [0, 0.05) is 18.3 Å². The van der Waals surface area contributed by atoms with Gasteiger partial charge >= 0.3 is 0 Å². The van der Waals surface area contributed by atoms with Crippen LogP contribution >= 0.6 is 0 Å². The van der Waals surface area contributed by atoms with E-state index in [1.165, 1.54) is 456 Å². The van der Waals surface area contributed by atoms with Crippen LogP contribution in [-0.4, -0.2) is 29.7 Å². The molecule has 0 rings (SSSR count). The fourth-order valence-electron chi connectivity index (χ4n) is 20.6. The lowest BCUT2D eigenvalue weighted by Gasteiger charge is -2.72. The van der Waals surface area contributed by atoms with Crippen molar-refractivity contribution in [1.82, 2.24) is 0 Å². The van der Waals surface area contributed by atoms with E-state index < -0.39 is 0 Å². The summed E-state index contributed by atoms with van der Waals surface area (Å²) in [6.07, 6.45) is 113. The maximum Gasteiger partial charge on any atom is 0.105 e. The fraction of sp³-hybridized carbons (Fsp3) is 1.00. The van der Waals surface area contributed by atoms with Crippen molar-refractivity contribution in [2.45, 2.75) is 583 Å². The standard InChI is InChI=1S/C96H196N/c1-13-25-37-48-59-70-82-93(81-36-24-12,83-71-60-49-38-26-14-2)94(84-72-61-50-39-27-15-3,85-73-62-51-40-28-16-4)95(86-74-63-52-41-29-17-5,87-75-64-53-42-30-18-6)96(88-76-65-54-43-31-19-7,89-77-66-55-44-32-20-8)97(90-78-67-56-45-33-21-9,91-79-68-57-46-34-22-10)92-80-69-58-47-35-23-11/h13-92H2,1-12H3/q+1. The molecule has 0 unspecified atom stereocenters. The quantitative estimate of drug-likeness (QED) is 0.0421. The Morgan fingerprint density at radius 1 is 0.134 bits per heavy atom. The molecule has 0 spiro atoms. The molecule has 0 fully saturated rings. The highest BCUT2D eigenvalue weighted by Gasteiger charge is 2.72. The molecule has 0 heterocycles. The topological polar surface area (TPSA) is 0 Å². The first-order chi connectivity index (χ1) is 47.7. The van der Waals surface area contributed by atoms with Crippen molar-refractivity contribution < 1.29 is 4.48 Å². The minimum absolute atomic E-state index is 0.287. The monoisotopic (exact) mass is 1360 g/mol. The molecule has 0 radical (unpaired) electrons. The minimum atomic E-state index is 0.287. The molecule has 1 nitrogen and oxygen atoms in total. The second-order valence-corrected chi connectivity index (χ2v) is 34.3. The van der Waals surface area contributed by atoms with Crippen molar-refractivity contribution in [3.63, 3.8) is 0 Å². The predicted molar refractivity (Wildman–Crippen MR) is 448 cm³/mol. The van der Waals surface area contributed by atoms with Gasteiger partial charge in [-0.05, 0) is 107 Å². The predicted octanol–water partition coefficient (Wildman–Crippen LogP) is 35.8. The van der Waals surface area contributed by atoms with E-state index in [-0.39, 0.29) is 5.54 Å². The Morgan fingerprint density at radius 3 is 0.505 bits per heavy atom. The Hall–Kier alpha value is -0.0400. The first-order valence-corrected chi connectivity index (χ1v) is 47.6. The molecule has 0 aromatic rings. The summed E-state index contributed by atoms with van der Waals surface area (Å²) in [6.45, 7) is 34.4. The van der Waals surface area contributed by atoms with Crippen LogP contribution in [0.5, 0.6) is 0 Å². The molecule has 0 saturated heterocycles. The Kier molecular flexibility index (Phi) is 71.5. The van der Waals surface area contributed by atoms with E-state index in [1.807, 2.05) is 0 Å². The summed E-state index contributed by atoms with van der Waals surface area (Å²) < 4.78 is 1.56. The van der Waals surface area contributed by atoms with Gasteiger partial charge in [-0.1, -0.05) is 468 Å². The molecule has 0 N–H and O–H groups in total. The van der Waals surface area contributed by atoms with Gasteiger partial charge in [0.2, 0.25) is 0 Å². The molecule has 0 amide bonds. The Balaban J connectivity index is 11.0. The van der Waals surface area contributed by atoms with Crippen LogP contribution in [0, 0.1) is 16.2 Å². The van der Waals surface area contributed by atoms with Gasteiger partial charge in [0.1, 0.15) is 5.54 Å². The summed E-state index contributed by atoms with van der Waals surface area (Å²) in [6, 6.07) is 0. The third kappa shape index (κ3) is 43.2. The summed E-state index contributed by atoms with van der Waals surface area (Å²) in [7, 11) is 0. The van der Waals surface area contributed by atoms with E-state index in [2.05, 4.69) is 83.1 Å². The minimum Gasteiger partial charge on any atom is -0.318 e. The van der Waals surface area contributed by atoms with Crippen LogP contribution in [0.4, 0.5) is 0 Å². The Bertz CT molecular complexity index is 1390. The maximum atomic E-state index is 2.66. The third-order valence-corrected chi connectivity index (χ3v) is 26.3. The van der Waals surface area contributed by atoms with E-state index >= 15 is 0 Å². The maximum absolute atomic E-state index is 2.66. The number of hydrogen-bond donors (Lipinski definition) is 0. The molecule has 0 aliphatic heterocycles. The Labute approximate surface area is 619 Å². The molecule has 1 heteroatoms. The summed E-state index contributed by atoms with van der Waals surface area (Å²) in [5.74, 6) is 0. The first kappa shape index (κ1) is 97.0. The van der Waals surface area contributed by atoms with E-state index in [4.69, 9.17) is 0 Å². The smallest absolute Gasteiger partial charge is 0.105 e. The highest BCUT2D eigenvalue weighted by molar-refractivity contribution is 5.17. The highest BCUT2D eigenvalue weighted by atomic mass is 15.4. The largest absolute Gasteiger partial charge is 0.318 e. The van der Waals surface area contributed by atoms with Crippen LogP contribution in [0.25, 0.3) is 0 Å². The summed E-state index contributed by atoms with van der Waals surface area (Å²) in [4.78, 5) is 0. The molecule has 97 heavy (non-hydrogen) atoms. The SMILES string of the molecule is CCCCCCCCC(CCCC)(CCCCCCCC)C(CCCCCCCC)(CCCCCCCC)C(CCCCCCCC)(CCCCCCCC)C(CCCCCCCC)(CCCCCCCC)[N+](CCCCCCCC)(CCCCCCCC)CCCCCCCC. The van der Waals surface area contributed by atoms with Gasteiger partial charge in [0.25, 0.3) is 0 Å². The average molecular weight is 1360 g/mol. The molecule has 0 saturated carbocycles. The molecule has 584 valence electrons. The third-order valence-electron chi connectivity index (χ3n) is 26.3. The molecule has 0 bridgehead atoms. The van der Waals surface area contributed by atoms with Crippen molar-refractivity contribution in [2.24, 2.45) is 16.2 Å². The number of rotatable bonds is 84. The van der Waals surface area contributed by atoms with Gasteiger partial charge in [0.15, 0.2) is 0 Å². The lowest BCUT2D eigenvalue weighted by molar-refractivity contribution is -0.988. The number of unbranched alkanes of at least 4 members (excludes halogenated alkanes) is 56. The van der Waals surface area contributed by atoms with Crippen LogP contribution in [-0.2, 0) is 0 Å². The van der Waals surface area contributed by atoms with Gasteiger partial charge < -0.3 is 4.48 Å². The first-order valence-electron chi connectivity index (χ1n) is 47.6. The van der Waals surface area contributed by atoms with Gasteiger partial charge in [-0.15, -0.1) is 0 Å². The average Bonchev–Trinajstić information content (AvgIpc) is 0.681. The molecule has 0 atom stereocenters. The van der Waals surface area contributed by atoms with Crippen LogP contribution in [0.15, 0.2) is 0 Å². The fourth-order valence-corrected chi connectivity index (χ4v) is 20.6. The number of nitrogens with zero attached hydrogens (tertiary/aromatic N) is 1. The van der Waals surface area contributed by atoms with Gasteiger partial charge in [-0.3, -0.25) is 0 Å². The normalized spacial score (nSPS) is 12.7. The second-order valence-electron chi connectivity index (χ2n) is 34.3. The zero-order chi connectivity index (χ0) is 71.1. The molecule has 0 aliphatic carbocycles. The highest BCUT2D eigenvalue weighted by Crippen LogP contribution is 2.73. The molecule has 0 aromatic heterocycles.